The van der Waals surface area contributed by atoms with E-state index in [0.29, 0.717) is 6.42 Å². The standard InChI is InChI=1S/C14H23N3O2/c1-2-8-17-9-7-16-14(17)10-12(18)11-19-13-3-5-15-6-4-13/h7,9,13,15H,2-6,8,10-11H2,1H3. The fourth-order valence-corrected chi connectivity index (χ4v) is 2.35. The molecule has 106 valence electrons. The first-order valence-corrected chi connectivity index (χ1v) is 7.13. The molecule has 2 rings (SSSR count). The number of Topliss-reactive ketones (excluding diaryl/α,β-unsaturated/α-hetero) is 1. The van der Waals surface area contributed by atoms with Gasteiger partial charge in [-0.15, -0.1) is 0 Å². The summed E-state index contributed by atoms with van der Waals surface area (Å²) >= 11 is 0. The number of carbonyl (C=O) groups excluding carboxylic acids is 1. The van der Waals surface area contributed by atoms with E-state index in [4.69, 9.17) is 4.74 Å². The zero-order chi connectivity index (χ0) is 13.5. The summed E-state index contributed by atoms with van der Waals surface area (Å²) in [6, 6.07) is 0. The van der Waals surface area contributed by atoms with E-state index in [1.807, 2.05) is 10.8 Å². The number of piperidine rings is 1. The van der Waals surface area contributed by atoms with E-state index in [0.717, 1.165) is 44.7 Å². The van der Waals surface area contributed by atoms with E-state index in [-0.39, 0.29) is 18.5 Å². The van der Waals surface area contributed by atoms with Crippen molar-refractivity contribution in [2.45, 2.75) is 45.3 Å². The summed E-state index contributed by atoms with van der Waals surface area (Å²) in [7, 11) is 0. The van der Waals surface area contributed by atoms with Crippen LogP contribution in [0.5, 0.6) is 0 Å². The number of aryl methyl sites for hydroxylation is 1. The molecule has 0 unspecified atom stereocenters. The van der Waals surface area contributed by atoms with Crippen LogP contribution < -0.4 is 5.32 Å². The second kappa shape index (κ2) is 7.40. The molecule has 1 saturated heterocycles. The van der Waals surface area contributed by atoms with Crippen LogP contribution in [0.1, 0.15) is 32.0 Å². The molecule has 5 nitrogen and oxygen atoms in total. The molecule has 2 heterocycles. The number of aromatic nitrogens is 2. The third kappa shape index (κ3) is 4.44. The van der Waals surface area contributed by atoms with Gasteiger partial charge in [-0.2, -0.15) is 0 Å². The van der Waals surface area contributed by atoms with Crippen LogP contribution in [0, 0.1) is 0 Å². The van der Waals surface area contributed by atoms with Gasteiger partial charge in [-0.25, -0.2) is 4.98 Å². The van der Waals surface area contributed by atoms with Crippen molar-refractivity contribution in [2.24, 2.45) is 0 Å². The Hall–Kier alpha value is -1.20. The maximum Gasteiger partial charge on any atom is 0.165 e. The Morgan fingerprint density at radius 2 is 2.32 bits per heavy atom. The SMILES string of the molecule is CCCn1ccnc1CC(=O)COC1CCNCC1. The van der Waals surface area contributed by atoms with Crippen LogP contribution in [0.3, 0.4) is 0 Å². The van der Waals surface area contributed by atoms with Crippen molar-refractivity contribution in [1.82, 2.24) is 14.9 Å². The van der Waals surface area contributed by atoms with Crippen molar-refractivity contribution in [1.29, 1.82) is 0 Å². The maximum atomic E-state index is 11.9. The smallest absolute Gasteiger partial charge is 0.165 e. The van der Waals surface area contributed by atoms with Crippen molar-refractivity contribution in [3.8, 4) is 0 Å². The number of imidazole rings is 1. The van der Waals surface area contributed by atoms with Crippen molar-refractivity contribution < 1.29 is 9.53 Å². The molecular formula is C14H23N3O2. The van der Waals surface area contributed by atoms with Crippen LogP contribution in [0.2, 0.25) is 0 Å². The summed E-state index contributed by atoms with van der Waals surface area (Å²) in [6.07, 6.45) is 7.34. The van der Waals surface area contributed by atoms with E-state index < -0.39 is 0 Å². The number of carbonyl (C=O) groups is 1. The highest BCUT2D eigenvalue weighted by Crippen LogP contribution is 2.08. The molecule has 1 fully saturated rings. The fourth-order valence-electron chi connectivity index (χ4n) is 2.35. The third-order valence-electron chi connectivity index (χ3n) is 3.39. The lowest BCUT2D eigenvalue weighted by Gasteiger charge is -2.22. The highest BCUT2D eigenvalue weighted by molar-refractivity contribution is 5.81. The van der Waals surface area contributed by atoms with E-state index in [9.17, 15) is 4.79 Å². The Labute approximate surface area is 114 Å². The summed E-state index contributed by atoms with van der Waals surface area (Å²) in [5.74, 6) is 0.961. The van der Waals surface area contributed by atoms with Crippen molar-refractivity contribution in [3.05, 3.63) is 18.2 Å². The molecule has 1 aliphatic heterocycles. The van der Waals surface area contributed by atoms with Gasteiger partial charge in [-0.3, -0.25) is 4.79 Å². The van der Waals surface area contributed by atoms with Gasteiger partial charge in [0, 0.05) is 18.9 Å². The second-order valence-electron chi connectivity index (χ2n) is 5.01. The maximum absolute atomic E-state index is 11.9. The molecule has 0 spiro atoms. The molecule has 1 aliphatic rings. The van der Waals surface area contributed by atoms with Gasteiger partial charge in [0.25, 0.3) is 0 Å². The predicted molar refractivity (Wildman–Crippen MR) is 73.1 cm³/mol. The summed E-state index contributed by atoms with van der Waals surface area (Å²) in [5.41, 5.74) is 0. The monoisotopic (exact) mass is 265 g/mol. The molecule has 0 atom stereocenters. The topological polar surface area (TPSA) is 56.2 Å². The minimum Gasteiger partial charge on any atom is -0.370 e. The Morgan fingerprint density at radius 1 is 1.53 bits per heavy atom. The average Bonchev–Trinajstić information content (AvgIpc) is 2.85. The van der Waals surface area contributed by atoms with Crippen LogP contribution in [0.15, 0.2) is 12.4 Å². The lowest BCUT2D eigenvalue weighted by Crippen LogP contribution is -2.33. The van der Waals surface area contributed by atoms with Crippen LogP contribution in [-0.4, -0.2) is 41.1 Å². The minimum atomic E-state index is 0.113. The number of ketones is 1. The van der Waals surface area contributed by atoms with Crippen LogP contribution in [0.4, 0.5) is 0 Å². The number of nitrogens with one attached hydrogen (secondary N) is 1. The molecule has 0 bridgehead atoms. The Balaban J connectivity index is 1.75. The van der Waals surface area contributed by atoms with E-state index in [1.54, 1.807) is 6.20 Å². The van der Waals surface area contributed by atoms with Crippen LogP contribution >= 0.6 is 0 Å². The number of hydrogen-bond acceptors (Lipinski definition) is 4. The molecule has 1 aromatic heterocycles. The average molecular weight is 265 g/mol. The van der Waals surface area contributed by atoms with Crippen molar-refractivity contribution >= 4 is 5.78 Å². The highest BCUT2D eigenvalue weighted by Gasteiger charge is 2.16. The highest BCUT2D eigenvalue weighted by atomic mass is 16.5. The van der Waals surface area contributed by atoms with Crippen molar-refractivity contribution in [3.63, 3.8) is 0 Å². The van der Waals surface area contributed by atoms with Gasteiger partial charge < -0.3 is 14.6 Å². The molecule has 19 heavy (non-hydrogen) atoms. The molecule has 0 saturated carbocycles. The minimum absolute atomic E-state index is 0.113. The number of ether oxygens (including phenoxy) is 1. The van der Waals surface area contributed by atoms with E-state index >= 15 is 0 Å². The number of nitrogens with zero attached hydrogens (tertiary/aromatic N) is 2. The van der Waals surface area contributed by atoms with Crippen LogP contribution in [0.25, 0.3) is 0 Å². The first-order chi connectivity index (χ1) is 9.29. The fraction of sp³-hybridized carbons (Fsp3) is 0.714. The molecule has 1 aromatic rings. The first kappa shape index (κ1) is 14.2. The molecule has 0 amide bonds. The van der Waals surface area contributed by atoms with Gasteiger partial charge in [-0.1, -0.05) is 6.92 Å². The van der Waals surface area contributed by atoms with Gasteiger partial charge in [-0.05, 0) is 32.4 Å². The molecular weight excluding hydrogens is 242 g/mol. The lowest BCUT2D eigenvalue weighted by atomic mass is 10.1. The Morgan fingerprint density at radius 3 is 3.05 bits per heavy atom. The van der Waals surface area contributed by atoms with Gasteiger partial charge >= 0.3 is 0 Å². The van der Waals surface area contributed by atoms with Crippen LogP contribution in [-0.2, 0) is 22.5 Å². The number of rotatable bonds is 7. The Kier molecular flexibility index (Phi) is 5.54. The van der Waals surface area contributed by atoms with Gasteiger partial charge in [0.2, 0.25) is 0 Å². The normalized spacial score (nSPS) is 16.7. The largest absolute Gasteiger partial charge is 0.370 e. The predicted octanol–water partition coefficient (Wildman–Crippen LogP) is 1.17. The second-order valence-corrected chi connectivity index (χ2v) is 5.01. The first-order valence-electron chi connectivity index (χ1n) is 7.13. The van der Waals surface area contributed by atoms with E-state index in [2.05, 4.69) is 17.2 Å². The molecule has 0 aromatic carbocycles. The van der Waals surface area contributed by atoms with Crippen molar-refractivity contribution in [2.75, 3.05) is 19.7 Å². The summed E-state index contributed by atoms with van der Waals surface area (Å²) < 4.78 is 7.71. The van der Waals surface area contributed by atoms with Gasteiger partial charge in [0.1, 0.15) is 12.4 Å². The molecule has 0 radical (unpaired) electrons. The summed E-state index contributed by atoms with van der Waals surface area (Å²) in [6.45, 7) is 5.22. The number of hydrogen-bond donors (Lipinski definition) is 1. The molecule has 5 heteroatoms. The van der Waals surface area contributed by atoms with Gasteiger partial charge in [0.05, 0.1) is 12.5 Å². The zero-order valence-corrected chi connectivity index (χ0v) is 11.6. The summed E-state index contributed by atoms with van der Waals surface area (Å²) in [5, 5.41) is 3.28. The third-order valence-corrected chi connectivity index (χ3v) is 3.39. The summed E-state index contributed by atoms with van der Waals surface area (Å²) in [4.78, 5) is 16.2. The lowest BCUT2D eigenvalue weighted by molar-refractivity contribution is -0.125. The quantitative estimate of drug-likeness (QED) is 0.804. The van der Waals surface area contributed by atoms with Gasteiger partial charge in [0.15, 0.2) is 5.78 Å². The molecule has 0 aliphatic carbocycles. The van der Waals surface area contributed by atoms with E-state index in [1.165, 1.54) is 0 Å². The molecule has 1 N–H and O–H groups in total. The Bertz CT molecular complexity index is 397. The zero-order valence-electron chi connectivity index (χ0n) is 11.6.